The van der Waals surface area contributed by atoms with Crippen molar-refractivity contribution in [2.75, 3.05) is 13.1 Å². The molecule has 0 aromatic heterocycles. The summed E-state index contributed by atoms with van der Waals surface area (Å²) in [4.78, 5) is 0. The molecule has 1 heterocycles. The van der Waals surface area contributed by atoms with Gasteiger partial charge >= 0.3 is 0 Å². The highest BCUT2D eigenvalue weighted by Gasteiger charge is 2.20. The van der Waals surface area contributed by atoms with E-state index in [4.69, 9.17) is 0 Å². The van der Waals surface area contributed by atoms with Crippen LogP contribution in [0.2, 0.25) is 0 Å². The Labute approximate surface area is 106 Å². The van der Waals surface area contributed by atoms with E-state index in [0.717, 1.165) is 5.92 Å². The van der Waals surface area contributed by atoms with Crippen LogP contribution in [-0.2, 0) is 5.41 Å². The van der Waals surface area contributed by atoms with Gasteiger partial charge in [-0.15, -0.1) is 0 Å². The smallest absolute Gasteiger partial charge is 0.00431 e. The van der Waals surface area contributed by atoms with Crippen molar-refractivity contribution in [3.05, 3.63) is 34.9 Å². The van der Waals surface area contributed by atoms with E-state index in [2.05, 4.69) is 51.2 Å². The van der Waals surface area contributed by atoms with Crippen LogP contribution in [0, 0.1) is 6.92 Å². The van der Waals surface area contributed by atoms with Gasteiger partial charge in [0.25, 0.3) is 0 Å². The van der Waals surface area contributed by atoms with Crippen molar-refractivity contribution >= 4 is 0 Å². The number of piperidine rings is 1. The fraction of sp³-hybridized carbons (Fsp3) is 0.625. The first kappa shape index (κ1) is 12.6. The number of nitrogens with one attached hydrogen (secondary N) is 1. The standard InChI is InChI=1S/C16H25N/c1-12-5-6-14(16(2,3)4)11-15(12)13-7-9-17-10-8-13/h5-6,11,13,17H,7-10H2,1-4H3. The second kappa shape index (κ2) is 4.81. The monoisotopic (exact) mass is 231 g/mol. The maximum Gasteiger partial charge on any atom is -0.00431 e. The molecule has 0 atom stereocenters. The van der Waals surface area contributed by atoms with Crippen molar-refractivity contribution in [3.63, 3.8) is 0 Å². The molecular weight excluding hydrogens is 206 g/mol. The topological polar surface area (TPSA) is 12.0 Å². The maximum absolute atomic E-state index is 3.45. The highest BCUT2D eigenvalue weighted by Crippen LogP contribution is 2.32. The van der Waals surface area contributed by atoms with E-state index < -0.39 is 0 Å². The van der Waals surface area contributed by atoms with Gasteiger partial charge in [-0.2, -0.15) is 0 Å². The van der Waals surface area contributed by atoms with Crippen molar-refractivity contribution in [2.24, 2.45) is 0 Å². The molecule has 2 rings (SSSR count). The second-order valence-corrected chi connectivity index (χ2v) is 6.35. The molecule has 17 heavy (non-hydrogen) atoms. The number of rotatable bonds is 1. The summed E-state index contributed by atoms with van der Waals surface area (Å²) in [6, 6.07) is 7.04. The quantitative estimate of drug-likeness (QED) is 0.776. The van der Waals surface area contributed by atoms with E-state index >= 15 is 0 Å². The van der Waals surface area contributed by atoms with Gasteiger partial charge in [0.15, 0.2) is 0 Å². The molecule has 1 saturated heterocycles. The normalized spacial score (nSPS) is 18.4. The Kier molecular flexibility index (Phi) is 3.58. The van der Waals surface area contributed by atoms with Crippen LogP contribution in [0.1, 0.15) is 56.2 Å². The molecule has 1 heteroatoms. The minimum Gasteiger partial charge on any atom is -0.317 e. The van der Waals surface area contributed by atoms with E-state index in [1.165, 1.54) is 37.1 Å². The third kappa shape index (κ3) is 2.90. The average molecular weight is 231 g/mol. The SMILES string of the molecule is Cc1ccc(C(C)(C)C)cc1C1CCNCC1. The predicted octanol–water partition coefficient (Wildman–Crippen LogP) is 3.76. The molecule has 1 aromatic rings. The minimum atomic E-state index is 0.259. The van der Waals surface area contributed by atoms with Crippen LogP contribution in [0.15, 0.2) is 18.2 Å². The van der Waals surface area contributed by atoms with Crippen molar-refractivity contribution < 1.29 is 0 Å². The highest BCUT2D eigenvalue weighted by atomic mass is 14.9. The lowest BCUT2D eigenvalue weighted by Gasteiger charge is -2.27. The molecule has 0 saturated carbocycles. The van der Waals surface area contributed by atoms with E-state index in [1.807, 2.05) is 0 Å². The molecule has 1 aromatic carbocycles. The van der Waals surface area contributed by atoms with Crippen LogP contribution in [0.25, 0.3) is 0 Å². The van der Waals surface area contributed by atoms with E-state index in [9.17, 15) is 0 Å². The summed E-state index contributed by atoms with van der Waals surface area (Å²) in [6.45, 7) is 11.5. The van der Waals surface area contributed by atoms with Crippen LogP contribution in [0.5, 0.6) is 0 Å². The number of aryl methyl sites for hydroxylation is 1. The van der Waals surface area contributed by atoms with Gasteiger partial charge in [-0.3, -0.25) is 0 Å². The van der Waals surface area contributed by atoms with Crippen LogP contribution >= 0.6 is 0 Å². The van der Waals surface area contributed by atoms with Crippen molar-refractivity contribution in [1.29, 1.82) is 0 Å². The molecule has 1 aliphatic rings. The molecule has 1 aliphatic heterocycles. The molecule has 0 unspecified atom stereocenters. The molecule has 0 aliphatic carbocycles. The van der Waals surface area contributed by atoms with Crippen LogP contribution in [-0.4, -0.2) is 13.1 Å². The molecule has 94 valence electrons. The lowest BCUT2D eigenvalue weighted by atomic mass is 9.81. The Balaban J connectivity index is 2.31. The van der Waals surface area contributed by atoms with Gasteiger partial charge in [-0.1, -0.05) is 39.0 Å². The zero-order valence-corrected chi connectivity index (χ0v) is 11.6. The Morgan fingerprint density at radius 2 is 1.76 bits per heavy atom. The van der Waals surface area contributed by atoms with Crippen molar-refractivity contribution in [3.8, 4) is 0 Å². The van der Waals surface area contributed by atoms with Gasteiger partial charge in [0.05, 0.1) is 0 Å². The summed E-state index contributed by atoms with van der Waals surface area (Å²) in [7, 11) is 0. The lowest BCUT2D eigenvalue weighted by molar-refractivity contribution is 0.458. The van der Waals surface area contributed by atoms with Gasteiger partial charge in [-0.05, 0) is 60.9 Å². The first-order valence-electron chi connectivity index (χ1n) is 6.80. The number of benzene rings is 1. The molecule has 0 radical (unpaired) electrons. The molecular formula is C16H25N. The fourth-order valence-corrected chi connectivity index (χ4v) is 2.68. The summed E-state index contributed by atoms with van der Waals surface area (Å²) < 4.78 is 0. The van der Waals surface area contributed by atoms with Gasteiger partial charge in [0.2, 0.25) is 0 Å². The molecule has 1 N–H and O–H groups in total. The Hall–Kier alpha value is -0.820. The van der Waals surface area contributed by atoms with Gasteiger partial charge in [0, 0.05) is 0 Å². The highest BCUT2D eigenvalue weighted by molar-refractivity contribution is 5.37. The van der Waals surface area contributed by atoms with Gasteiger partial charge in [-0.25, -0.2) is 0 Å². The molecule has 0 bridgehead atoms. The maximum atomic E-state index is 3.45. The summed E-state index contributed by atoms with van der Waals surface area (Å²) in [5, 5.41) is 3.45. The summed E-state index contributed by atoms with van der Waals surface area (Å²) >= 11 is 0. The average Bonchev–Trinajstić information content (AvgIpc) is 2.29. The number of hydrogen-bond donors (Lipinski definition) is 1. The Morgan fingerprint density at radius 3 is 2.35 bits per heavy atom. The molecule has 0 spiro atoms. The summed E-state index contributed by atoms with van der Waals surface area (Å²) in [5.41, 5.74) is 4.77. The minimum absolute atomic E-state index is 0.259. The fourth-order valence-electron chi connectivity index (χ4n) is 2.68. The lowest BCUT2D eigenvalue weighted by Crippen LogP contribution is -2.27. The van der Waals surface area contributed by atoms with E-state index in [0.29, 0.717) is 0 Å². The van der Waals surface area contributed by atoms with Crippen molar-refractivity contribution in [2.45, 2.75) is 51.9 Å². The van der Waals surface area contributed by atoms with Crippen LogP contribution < -0.4 is 5.32 Å². The molecule has 1 nitrogen and oxygen atoms in total. The largest absolute Gasteiger partial charge is 0.317 e. The summed E-state index contributed by atoms with van der Waals surface area (Å²) in [5.74, 6) is 0.763. The third-order valence-electron chi connectivity index (χ3n) is 3.92. The van der Waals surface area contributed by atoms with Gasteiger partial charge < -0.3 is 5.32 Å². The molecule has 0 amide bonds. The first-order chi connectivity index (χ1) is 7.98. The Bertz CT molecular complexity index is 381. The molecule has 1 fully saturated rings. The number of hydrogen-bond acceptors (Lipinski definition) is 1. The third-order valence-corrected chi connectivity index (χ3v) is 3.92. The van der Waals surface area contributed by atoms with Gasteiger partial charge in [0.1, 0.15) is 0 Å². The zero-order chi connectivity index (χ0) is 12.5. The van der Waals surface area contributed by atoms with Crippen LogP contribution in [0.4, 0.5) is 0 Å². The second-order valence-electron chi connectivity index (χ2n) is 6.35. The van der Waals surface area contributed by atoms with Crippen molar-refractivity contribution in [1.82, 2.24) is 5.32 Å². The van der Waals surface area contributed by atoms with E-state index in [1.54, 1.807) is 5.56 Å². The van der Waals surface area contributed by atoms with Crippen LogP contribution in [0.3, 0.4) is 0 Å². The first-order valence-corrected chi connectivity index (χ1v) is 6.80. The van der Waals surface area contributed by atoms with E-state index in [-0.39, 0.29) is 5.41 Å². The zero-order valence-electron chi connectivity index (χ0n) is 11.6. The summed E-state index contributed by atoms with van der Waals surface area (Å²) in [6.07, 6.45) is 2.57. The Morgan fingerprint density at radius 1 is 1.12 bits per heavy atom. The predicted molar refractivity (Wildman–Crippen MR) is 74.7 cm³/mol.